The molecule has 0 saturated heterocycles. The average molecular weight is 349 g/mol. The van der Waals surface area contributed by atoms with Crippen LogP contribution in [0.25, 0.3) is 0 Å². The van der Waals surface area contributed by atoms with E-state index in [4.69, 9.17) is 9.47 Å². The van der Waals surface area contributed by atoms with E-state index in [-0.39, 0.29) is 6.04 Å². The number of guanidine groups is 1. The summed E-state index contributed by atoms with van der Waals surface area (Å²) in [4.78, 5) is 4.60. The molecule has 0 radical (unpaired) electrons. The van der Waals surface area contributed by atoms with E-state index in [1.807, 2.05) is 25.1 Å². The first-order valence-corrected chi connectivity index (χ1v) is 9.00. The highest BCUT2D eigenvalue weighted by Crippen LogP contribution is 2.30. The second-order valence-electron chi connectivity index (χ2n) is 6.60. The van der Waals surface area contributed by atoms with Crippen LogP contribution in [0.2, 0.25) is 0 Å². The van der Waals surface area contributed by atoms with Crippen LogP contribution >= 0.6 is 0 Å². The highest BCUT2D eigenvalue weighted by Gasteiger charge is 2.30. The van der Waals surface area contributed by atoms with Gasteiger partial charge in [-0.15, -0.1) is 0 Å². The van der Waals surface area contributed by atoms with Gasteiger partial charge in [0.2, 0.25) is 0 Å². The minimum absolute atomic E-state index is 0.0268. The van der Waals surface area contributed by atoms with Crippen LogP contribution < -0.4 is 20.1 Å². The Bertz CT molecular complexity index is 583. The van der Waals surface area contributed by atoms with Crippen LogP contribution in [-0.4, -0.2) is 44.0 Å². The first-order valence-electron chi connectivity index (χ1n) is 9.00. The van der Waals surface area contributed by atoms with Gasteiger partial charge in [0.15, 0.2) is 5.96 Å². The first-order chi connectivity index (χ1) is 12.0. The number of aliphatic imine (C=N–C) groups is 1. The molecule has 0 aliphatic heterocycles. The van der Waals surface area contributed by atoms with Gasteiger partial charge in [-0.1, -0.05) is 12.8 Å². The van der Waals surface area contributed by atoms with Crippen LogP contribution in [0, 0.1) is 0 Å². The summed E-state index contributed by atoms with van der Waals surface area (Å²) in [6, 6.07) is 5.72. The molecule has 140 valence electrons. The molecular formula is C19H31N3O3. The van der Waals surface area contributed by atoms with Crippen molar-refractivity contribution in [3.8, 4) is 11.5 Å². The van der Waals surface area contributed by atoms with E-state index in [1.165, 1.54) is 0 Å². The molecule has 0 aromatic heterocycles. The summed E-state index contributed by atoms with van der Waals surface area (Å²) in [5, 5.41) is 17.2. The fourth-order valence-corrected chi connectivity index (χ4v) is 3.20. The standard InChI is InChI=1S/C19H31N3O3/c1-5-20-18(21-13-19(23)10-6-7-11-19)22-14(2)16-12-15(24-3)8-9-17(16)25-4/h8-9,12,14,23H,5-7,10-11,13H2,1-4H3,(H2,20,21,22). The summed E-state index contributed by atoms with van der Waals surface area (Å²) in [7, 11) is 3.31. The van der Waals surface area contributed by atoms with Crippen LogP contribution in [0.15, 0.2) is 23.2 Å². The molecule has 0 bridgehead atoms. The van der Waals surface area contributed by atoms with Crippen molar-refractivity contribution in [1.82, 2.24) is 10.6 Å². The summed E-state index contributed by atoms with van der Waals surface area (Å²) in [5.74, 6) is 2.28. The smallest absolute Gasteiger partial charge is 0.191 e. The third kappa shape index (κ3) is 5.26. The average Bonchev–Trinajstić information content (AvgIpc) is 3.06. The van der Waals surface area contributed by atoms with E-state index in [9.17, 15) is 5.11 Å². The van der Waals surface area contributed by atoms with Crippen LogP contribution in [0.1, 0.15) is 51.1 Å². The Kier molecular flexibility index (Phi) is 6.93. The van der Waals surface area contributed by atoms with E-state index in [1.54, 1.807) is 14.2 Å². The molecule has 1 aromatic rings. The third-order valence-corrected chi connectivity index (χ3v) is 4.67. The number of aliphatic hydroxyl groups is 1. The van der Waals surface area contributed by atoms with Crippen LogP contribution in [0.3, 0.4) is 0 Å². The minimum atomic E-state index is -0.654. The lowest BCUT2D eigenvalue weighted by molar-refractivity contribution is 0.0574. The van der Waals surface area contributed by atoms with Crippen molar-refractivity contribution in [2.24, 2.45) is 4.99 Å². The van der Waals surface area contributed by atoms with Gasteiger partial charge >= 0.3 is 0 Å². The lowest BCUT2D eigenvalue weighted by Crippen LogP contribution is -2.40. The Morgan fingerprint density at radius 1 is 1.28 bits per heavy atom. The molecule has 1 unspecified atom stereocenters. The van der Waals surface area contributed by atoms with Crippen molar-refractivity contribution in [2.45, 2.75) is 51.2 Å². The topological polar surface area (TPSA) is 75.1 Å². The zero-order valence-corrected chi connectivity index (χ0v) is 15.8. The number of methoxy groups -OCH3 is 2. The molecule has 0 heterocycles. The third-order valence-electron chi connectivity index (χ3n) is 4.67. The second kappa shape index (κ2) is 8.94. The van der Waals surface area contributed by atoms with Crippen molar-refractivity contribution in [3.63, 3.8) is 0 Å². The van der Waals surface area contributed by atoms with Crippen molar-refractivity contribution in [3.05, 3.63) is 23.8 Å². The lowest BCUT2D eigenvalue weighted by atomic mass is 10.0. The van der Waals surface area contributed by atoms with Gasteiger partial charge in [-0.2, -0.15) is 0 Å². The van der Waals surface area contributed by atoms with Gasteiger partial charge < -0.3 is 25.2 Å². The molecule has 3 N–H and O–H groups in total. The molecular weight excluding hydrogens is 318 g/mol. The number of benzene rings is 1. The maximum absolute atomic E-state index is 10.5. The quantitative estimate of drug-likeness (QED) is 0.521. The molecule has 1 atom stereocenters. The first kappa shape index (κ1) is 19.4. The van der Waals surface area contributed by atoms with Gasteiger partial charge in [-0.25, -0.2) is 0 Å². The molecule has 25 heavy (non-hydrogen) atoms. The molecule has 0 spiro atoms. The highest BCUT2D eigenvalue weighted by molar-refractivity contribution is 5.80. The lowest BCUT2D eigenvalue weighted by Gasteiger charge is -2.23. The van der Waals surface area contributed by atoms with Gasteiger partial charge in [0.05, 0.1) is 32.4 Å². The Morgan fingerprint density at radius 2 is 2.00 bits per heavy atom. The summed E-state index contributed by atoms with van der Waals surface area (Å²) in [6.45, 7) is 5.25. The normalized spacial score (nSPS) is 17.9. The number of hydrogen-bond donors (Lipinski definition) is 3. The molecule has 1 aliphatic carbocycles. The second-order valence-corrected chi connectivity index (χ2v) is 6.60. The molecule has 0 amide bonds. The van der Waals surface area contributed by atoms with Gasteiger partial charge in [-0.3, -0.25) is 4.99 Å². The van der Waals surface area contributed by atoms with Gasteiger partial charge in [-0.05, 0) is 44.9 Å². The molecule has 6 heteroatoms. The number of ether oxygens (including phenoxy) is 2. The van der Waals surface area contributed by atoms with E-state index < -0.39 is 5.60 Å². The predicted octanol–water partition coefficient (Wildman–Crippen LogP) is 2.62. The maximum Gasteiger partial charge on any atom is 0.191 e. The van der Waals surface area contributed by atoms with Gasteiger partial charge in [0.1, 0.15) is 11.5 Å². The van der Waals surface area contributed by atoms with Crippen molar-refractivity contribution in [2.75, 3.05) is 27.3 Å². The van der Waals surface area contributed by atoms with Gasteiger partial charge in [0.25, 0.3) is 0 Å². The van der Waals surface area contributed by atoms with Crippen molar-refractivity contribution < 1.29 is 14.6 Å². The molecule has 1 aromatic carbocycles. The fourth-order valence-electron chi connectivity index (χ4n) is 3.20. The van der Waals surface area contributed by atoms with E-state index in [0.29, 0.717) is 12.5 Å². The summed E-state index contributed by atoms with van der Waals surface area (Å²) in [5.41, 5.74) is 0.339. The van der Waals surface area contributed by atoms with Crippen molar-refractivity contribution in [1.29, 1.82) is 0 Å². The Hall–Kier alpha value is -1.95. The number of nitrogens with one attached hydrogen (secondary N) is 2. The molecule has 2 rings (SSSR count). The maximum atomic E-state index is 10.5. The zero-order chi connectivity index (χ0) is 18.3. The van der Waals surface area contributed by atoms with Crippen LogP contribution in [-0.2, 0) is 0 Å². The van der Waals surface area contributed by atoms with Crippen LogP contribution in [0.4, 0.5) is 0 Å². The number of nitrogens with zero attached hydrogens (tertiary/aromatic N) is 1. The monoisotopic (exact) mass is 349 g/mol. The molecule has 6 nitrogen and oxygen atoms in total. The Balaban J connectivity index is 2.12. The largest absolute Gasteiger partial charge is 0.497 e. The van der Waals surface area contributed by atoms with Gasteiger partial charge in [0, 0.05) is 12.1 Å². The minimum Gasteiger partial charge on any atom is -0.497 e. The Labute approximate surface area is 150 Å². The van der Waals surface area contributed by atoms with Crippen LogP contribution in [0.5, 0.6) is 11.5 Å². The zero-order valence-electron chi connectivity index (χ0n) is 15.8. The summed E-state index contributed by atoms with van der Waals surface area (Å²) >= 11 is 0. The Morgan fingerprint density at radius 3 is 2.60 bits per heavy atom. The van der Waals surface area contributed by atoms with E-state index in [0.717, 1.165) is 49.3 Å². The van der Waals surface area contributed by atoms with E-state index in [2.05, 4.69) is 22.5 Å². The van der Waals surface area contributed by atoms with E-state index >= 15 is 0 Å². The highest BCUT2D eigenvalue weighted by atomic mass is 16.5. The number of hydrogen-bond acceptors (Lipinski definition) is 4. The van der Waals surface area contributed by atoms with Crippen molar-refractivity contribution >= 4 is 5.96 Å². The summed E-state index contributed by atoms with van der Waals surface area (Å²) in [6.07, 6.45) is 3.81. The number of rotatable bonds is 7. The molecule has 1 saturated carbocycles. The summed E-state index contributed by atoms with van der Waals surface area (Å²) < 4.78 is 10.8. The fraction of sp³-hybridized carbons (Fsp3) is 0.632. The molecule has 1 aliphatic rings. The molecule has 1 fully saturated rings. The predicted molar refractivity (Wildman–Crippen MR) is 100 cm³/mol. The SMILES string of the molecule is CCNC(=NCC1(O)CCCC1)NC(C)c1cc(OC)ccc1OC.